The van der Waals surface area contributed by atoms with Crippen LogP contribution in [0.4, 0.5) is 11.6 Å². The third kappa shape index (κ3) is 4.08. The highest BCUT2D eigenvalue weighted by atomic mass is 15.1. The summed E-state index contributed by atoms with van der Waals surface area (Å²) in [5.41, 5.74) is 7.83. The van der Waals surface area contributed by atoms with Crippen LogP contribution in [0.5, 0.6) is 0 Å². The molecule has 0 atom stereocenters. The second-order valence-electron chi connectivity index (χ2n) is 8.09. The molecule has 1 saturated carbocycles. The van der Waals surface area contributed by atoms with E-state index in [0.29, 0.717) is 22.7 Å². The van der Waals surface area contributed by atoms with Crippen LogP contribution in [-0.2, 0) is 6.42 Å². The zero-order valence-electron chi connectivity index (χ0n) is 14.2. The minimum atomic E-state index is 0.364. The molecule has 1 aromatic heterocycles. The van der Waals surface area contributed by atoms with Crippen LogP contribution >= 0.6 is 0 Å². The Labute approximate surface area is 128 Å². The normalized spacial score (nSPS) is 21.2. The van der Waals surface area contributed by atoms with Crippen molar-refractivity contribution in [1.29, 1.82) is 0 Å². The molecule has 21 heavy (non-hydrogen) atoms. The van der Waals surface area contributed by atoms with Gasteiger partial charge in [-0.1, -0.05) is 41.0 Å². The Morgan fingerprint density at radius 2 is 1.81 bits per heavy atom. The highest BCUT2D eigenvalue weighted by Gasteiger charge is 2.38. The Balaban J connectivity index is 2.20. The first kappa shape index (κ1) is 16.1. The standard InChI is InChI=1S/C17H30N4/c1-6-7-13-14(18)19-11-20-15(13)21-12-8-16(2,3)10-17(4,5)9-12/h11-12H,6-10H2,1-5H3,(H3,18,19,20,21). The maximum atomic E-state index is 6.03. The fourth-order valence-electron chi connectivity index (χ4n) is 4.19. The first-order valence-corrected chi connectivity index (χ1v) is 8.08. The van der Waals surface area contributed by atoms with E-state index < -0.39 is 0 Å². The molecule has 1 fully saturated rings. The Hall–Kier alpha value is -1.32. The molecule has 0 unspecified atom stereocenters. The van der Waals surface area contributed by atoms with Gasteiger partial charge in [-0.15, -0.1) is 0 Å². The number of anilines is 2. The van der Waals surface area contributed by atoms with Gasteiger partial charge in [-0.25, -0.2) is 9.97 Å². The van der Waals surface area contributed by atoms with E-state index in [1.165, 1.54) is 19.3 Å². The lowest BCUT2D eigenvalue weighted by Crippen LogP contribution is -2.40. The van der Waals surface area contributed by atoms with Crippen molar-refractivity contribution >= 4 is 11.6 Å². The van der Waals surface area contributed by atoms with E-state index in [2.05, 4.69) is 49.9 Å². The first-order chi connectivity index (χ1) is 9.72. The minimum absolute atomic E-state index is 0.364. The van der Waals surface area contributed by atoms with Crippen molar-refractivity contribution in [2.75, 3.05) is 11.1 Å². The smallest absolute Gasteiger partial charge is 0.134 e. The topological polar surface area (TPSA) is 63.8 Å². The van der Waals surface area contributed by atoms with Crippen molar-refractivity contribution < 1.29 is 0 Å². The highest BCUT2D eigenvalue weighted by molar-refractivity contribution is 5.55. The van der Waals surface area contributed by atoms with E-state index in [0.717, 1.165) is 24.2 Å². The van der Waals surface area contributed by atoms with Gasteiger partial charge in [0.2, 0.25) is 0 Å². The largest absolute Gasteiger partial charge is 0.383 e. The number of nitrogens with two attached hydrogens (primary N) is 1. The van der Waals surface area contributed by atoms with Gasteiger partial charge >= 0.3 is 0 Å². The molecule has 0 amide bonds. The Kier molecular flexibility index (Phi) is 4.45. The quantitative estimate of drug-likeness (QED) is 0.878. The Morgan fingerprint density at radius 1 is 1.19 bits per heavy atom. The van der Waals surface area contributed by atoms with Crippen LogP contribution in [0.2, 0.25) is 0 Å². The SMILES string of the molecule is CCCc1c(N)ncnc1NC1CC(C)(C)CC(C)(C)C1. The minimum Gasteiger partial charge on any atom is -0.383 e. The van der Waals surface area contributed by atoms with Crippen molar-refractivity contribution in [3.63, 3.8) is 0 Å². The average molecular weight is 290 g/mol. The lowest BCUT2D eigenvalue weighted by atomic mass is 9.63. The molecule has 1 aliphatic carbocycles. The molecule has 118 valence electrons. The van der Waals surface area contributed by atoms with Gasteiger partial charge in [0, 0.05) is 11.6 Å². The summed E-state index contributed by atoms with van der Waals surface area (Å²) in [4.78, 5) is 8.58. The van der Waals surface area contributed by atoms with Gasteiger partial charge < -0.3 is 11.1 Å². The fraction of sp³-hybridized carbons (Fsp3) is 0.765. The number of aromatic nitrogens is 2. The number of hydrogen-bond donors (Lipinski definition) is 2. The van der Waals surface area contributed by atoms with Crippen LogP contribution in [0.15, 0.2) is 6.33 Å². The highest BCUT2D eigenvalue weighted by Crippen LogP contribution is 2.46. The third-order valence-corrected chi connectivity index (χ3v) is 4.37. The summed E-state index contributed by atoms with van der Waals surface area (Å²) < 4.78 is 0. The summed E-state index contributed by atoms with van der Waals surface area (Å²) in [6.45, 7) is 11.6. The van der Waals surface area contributed by atoms with E-state index in [9.17, 15) is 0 Å². The van der Waals surface area contributed by atoms with Crippen LogP contribution < -0.4 is 11.1 Å². The van der Waals surface area contributed by atoms with Gasteiger partial charge in [0.05, 0.1) is 0 Å². The zero-order valence-corrected chi connectivity index (χ0v) is 14.2. The third-order valence-electron chi connectivity index (χ3n) is 4.37. The van der Waals surface area contributed by atoms with E-state index in [1.54, 1.807) is 6.33 Å². The molecule has 4 heteroatoms. The summed E-state index contributed by atoms with van der Waals surface area (Å²) in [5, 5.41) is 3.66. The number of nitrogens with one attached hydrogen (secondary N) is 1. The zero-order chi connectivity index (χ0) is 15.7. The van der Waals surface area contributed by atoms with E-state index >= 15 is 0 Å². The molecule has 0 spiro atoms. The van der Waals surface area contributed by atoms with Crippen molar-refractivity contribution in [3.05, 3.63) is 11.9 Å². The van der Waals surface area contributed by atoms with Crippen LogP contribution in [0.25, 0.3) is 0 Å². The van der Waals surface area contributed by atoms with Crippen molar-refractivity contribution in [2.24, 2.45) is 10.8 Å². The number of hydrogen-bond acceptors (Lipinski definition) is 4. The molecular formula is C17H30N4. The Morgan fingerprint density at radius 3 is 2.38 bits per heavy atom. The van der Waals surface area contributed by atoms with Crippen molar-refractivity contribution in [1.82, 2.24) is 9.97 Å². The molecule has 3 N–H and O–H groups in total. The van der Waals surface area contributed by atoms with E-state index in [4.69, 9.17) is 5.73 Å². The van der Waals surface area contributed by atoms with Crippen LogP contribution in [0, 0.1) is 10.8 Å². The second kappa shape index (κ2) is 5.82. The maximum Gasteiger partial charge on any atom is 0.134 e. The molecule has 1 heterocycles. The van der Waals surface area contributed by atoms with Gasteiger partial charge in [-0.05, 0) is 36.5 Å². The van der Waals surface area contributed by atoms with Crippen molar-refractivity contribution in [3.8, 4) is 0 Å². The van der Waals surface area contributed by atoms with Gasteiger partial charge in [0.1, 0.15) is 18.0 Å². The van der Waals surface area contributed by atoms with E-state index in [1.807, 2.05) is 0 Å². The molecule has 4 nitrogen and oxygen atoms in total. The predicted octanol–water partition coefficient (Wildman–Crippen LogP) is 4.03. The maximum absolute atomic E-state index is 6.03. The Bertz CT molecular complexity index is 478. The molecule has 0 aliphatic heterocycles. The lowest BCUT2D eigenvalue weighted by molar-refractivity contribution is 0.105. The first-order valence-electron chi connectivity index (χ1n) is 8.08. The monoisotopic (exact) mass is 290 g/mol. The number of nitrogen functional groups attached to an aromatic ring is 1. The van der Waals surface area contributed by atoms with Crippen LogP contribution in [-0.4, -0.2) is 16.0 Å². The molecule has 1 aromatic rings. The van der Waals surface area contributed by atoms with E-state index in [-0.39, 0.29) is 0 Å². The summed E-state index contributed by atoms with van der Waals surface area (Å²) in [6, 6.07) is 0.452. The summed E-state index contributed by atoms with van der Waals surface area (Å²) in [6.07, 6.45) is 7.15. The molecule has 0 bridgehead atoms. The molecule has 0 radical (unpaired) electrons. The van der Waals surface area contributed by atoms with Crippen LogP contribution in [0.3, 0.4) is 0 Å². The second-order valence-corrected chi connectivity index (χ2v) is 8.09. The molecule has 0 saturated heterocycles. The summed E-state index contributed by atoms with van der Waals surface area (Å²) in [7, 11) is 0. The summed E-state index contributed by atoms with van der Waals surface area (Å²) in [5.74, 6) is 1.55. The van der Waals surface area contributed by atoms with Gasteiger partial charge in [0.15, 0.2) is 0 Å². The fourth-order valence-corrected chi connectivity index (χ4v) is 4.19. The van der Waals surface area contributed by atoms with Gasteiger partial charge in [0.25, 0.3) is 0 Å². The summed E-state index contributed by atoms with van der Waals surface area (Å²) >= 11 is 0. The van der Waals surface area contributed by atoms with Crippen molar-refractivity contribution in [2.45, 2.75) is 72.8 Å². The average Bonchev–Trinajstić information content (AvgIpc) is 2.29. The molecule has 1 aliphatic rings. The lowest BCUT2D eigenvalue weighted by Gasteiger charge is -2.45. The molecular weight excluding hydrogens is 260 g/mol. The van der Waals surface area contributed by atoms with Crippen LogP contribution in [0.1, 0.15) is 65.9 Å². The molecule has 0 aromatic carbocycles. The van der Waals surface area contributed by atoms with Gasteiger partial charge in [-0.2, -0.15) is 0 Å². The number of nitrogens with zero attached hydrogens (tertiary/aromatic N) is 2. The molecule has 2 rings (SSSR count). The van der Waals surface area contributed by atoms with Gasteiger partial charge in [-0.3, -0.25) is 0 Å². The number of rotatable bonds is 4. The predicted molar refractivity (Wildman–Crippen MR) is 89.3 cm³/mol.